The van der Waals surface area contributed by atoms with Gasteiger partial charge >= 0.3 is 11.4 Å². The zero-order valence-corrected chi connectivity index (χ0v) is 8.90. The van der Waals surface area contributed by atoms with Crippen LogP contribution in [-0.4, -0.2) is 28.4 Å². The van der Waals surface area contributed by atoms with Gasteiger partial charge in [-0.15, -0.1) is 0 Å². The Bertz CT molecular complexity index is 447. The van der Waals surface area contributed by atoms with Crippen molar-refractivity contribution in [3.8, 4) is 0 Å². The van der Waals surface area contributed by atoms with Gasteiger partial charge in [-0.2, -0.15) is 0 Å². The first-order valence-electron chi connectivity index (χ1n) is 4.59. The number of benzene rings is 1. The fraction of sp³-hybridized carbons (Fsp3) is 0.333. The van der Waals surface area contributed by atoms with E-state index in [1.54, 1.807) is 0 Å². The fourth-order valence-corrected chi connectivity index (χ4v) is 1.37. The molecule has 0 bridgehead atoms. The lowest BCUT2D eigenvalue weighted by molar-refractivity contribution is -0.423. The minimum atomic E-state index is -1.24. The van der Waals surface area contributed by atoms with Crippen LogP contribution in [0.5, 0.6) is 0 Å². The summed E-state index contributed by atoms with van der Waals surface area (Å²) >= 11 is 0. The molecule has 0 radical (unpaired) electrons. The molecule has 0 aliphatic heterocycles. The summed E-state index contributed by atoms with van der Waals surface area (Å²) in [6.07, 6.45) is -1.43. The summed E-state index contributed by atoms with van der Waals surface area (Å²) in [5.74, 6) is 0. The molecule has 0 fully saturated rings. The van der Waals surface area contributed by atoms with Gasteiger partial charge in [-0.3, -0.25) is 20.2 Å². The van der Waals surface area contributed by atoms with Gasteiger partial charge in [0.1, 0.15) is 0 Å². The van der Waals surface area contributed by atoms with Crippen molar-refractivity contribution < 1.29 is 19.7 Å². The van der Waals surface area contributed by atoms with E-state index in [1.807, 2.05) is 0 Å². The Morgan fingerprint density at radius 3 is 2.47 bits per heavy atom. The Labute approximate surface area is 95.7 Å². The highest BCUT2D eigenvalue weighted by molar-refractivity contribution is 5.57. The lowest BCUT2D eigenvalue weighted by Crippen LogP contribution is -2.14. The number of nitrogens with zero attached hydrogens (tertiary/aromatic N) is 2. The van der Waals surface area contributed by atoms with Crippen LogP contribution in [-0.2, 0) is 11.2 Å². The van der Waals surface area contributed by atoms with Gasteiger partial charge in [0.25, 0.3) is 0 Å². The minimum absolute atomic E-state index is 0.0542. The van der Waals surface area contributed by atoms with Gasteiger partial charge in [0, 0.05) is 25.2 Å². The van der Waals surface area contributed by atoms with E-state index in [0.717, 1.165) is 6.07 Å². The number of nitro groups is 2. The molecule has 0 aliphatic rings. The molecule has 8 heteroatoms. The second-order valence-corrected chi connectivity index (χ2v) is 3.19. The van der Waals surface area contributed by atoms with Gasteiger partial charge in [0.2, 0.25) is 0 Å². The summed E-state index contributed by atoms with van der Waals surface area (Å²) < 4.78 is 4.55. The molecule has 92 valence electrons. The Morgan fingerprint density at radius 2 is 2.00 bits per heavy atom. The summed E-state index contributed by atoms with van der Waals surface area (Å²) in [7, 11) is 1.23. The zero-order chi connectivity index (χ0) is 13.0. The van der Waals surface area contributed by atoms with E-state index >= 15 is 0 Å². The number of ether oxygens (including phenoxy) is 1. The number of nitro benzene ring substituents is 2. The lowest BCUT2D eigenvalue weighted by atomic mass is 10.1. The van der Waals surface area contributed by atoms with Crippen molar-refractivity contribution in [1.29, 1.82) is 0 Å². The van der Waals surface area contributed by atoms with Crippen LogP contribution in [0.1, 0.15) is 5.56 Å². The summed E-state index contributed by atoms with van der Waals surface area (Å²) in [5.41, 5.74) is -1.16. The molecule has 8 nitrogen and oxygen atoms in total. The predicted molar refractivity (Wildman–Crippen MR) is 56.5 cm³/mol. The molecule has 1 N–H and O–H groups in total. The number of para-hydroxylation sites is 1. The largest absolute Gasteiger partial charge is 0.368 e. The Morgan fingerprint density at radius 1 is 1.35 bits per heavy atom. The van der Waals surface area contributed by atoms with E-state index in [9.17, 15) is 25.3 Å². The maximum Gasteiger partial charge on any atom is 0.349 e. The van der Waals surface area contributed by atoms with Gasteiger partial charge in [-0.1, -0.05) is 12.1 Å². The molecule has 1 atom stereocenters. The Kier molecular flexibility index (Phi) is 4.07. The average Bonchev–Trinajstić information content (AvgIpc) is 2.28. The smallest absolute Gasteiger partial charge is 0.349 e. The highest BCUT2D eigenvalue weighted by Gasteiger charge is 2.28. The third-order valence-corrected chi connectivity index (χ3v) is 2.14. The topological polar surface area (TPSA) is 116 Å². The molecule has 1 aromatic carbocycles. The number of methoxy groups -OCH3 is 1. The van der Waals surface area contributed by atoms with Crippen LogP contribution >= 0.6 is 0 Å². The van der Waals surface area contributed by atoms with Crippen molar-refractivity contribution in [3.05, 3.63) is 44.0 Å². The van der Waals surface area contributed by atoms with E-state index in [-0.39, 0.29) is 12.0 Å². The molecule has 17 heavy (non-hydrogen) atoms. The van der Waals surface area contributed by atoms with Crippen molar-refractivity contribution in [1.82, 2.24) is 0 Å². The second-order valence-electron chi connectivity index (χ2n) is 3.19. The summed E-state index contributed by atoms with van der Waals surface area (Å²) in [4.78, 5) is 19.8. The molecule has 0 saturated carbocycles. The van der Waals surface area contributed by atoms with Gasteiger partial charge in [0.15, 0.2) is 6.29 Å². The van der Waals surface area contributed by atoms with Crippen LogP contribution in [0, 0.1) is 20.2 Å². The van der Waals surface area contributed by atoms with Gasteiger partial charge in [-0.25, -0.2) is 0 Å². The first-order valence-corrected chi connectivity index (χ1v) is 4.59. The van der Waals surface area contributed by atoms with Crippen molar-refractivity contribution in [3.63, 3.8) is 0 Å². The SMILES string of the molecule is COC(O)Cc1cccc([N+](=O)[O-])c1[N+](=O)[O-]. The normalized spacial score (nSPS) is 12.1. The maximum atomic E-state index is 10.8. The second kappa shape index (κ2) is 5.32. The standard InChI is InChI=1S/C9H10N2O6/c1-17-8(12)5-6-3-2-4-7(10(13)14)9(6)11(15)16/h2-4,8,12H,5H2,1H3. The van der Waals surface area contributed by atoms with Crippen LogP contribution < -0.4 is 0 Å². The molecular weight excluding hydrogens is 232 g/mol. The van der Waals surface area contributed by atoms with Crippen LogP contribution in [0.15, 0.2) is 18.2 Å². The van der Waals surface area contributed by atoms with Crippen molar-refractivity contribution in [2.24, 2.45) is 0 Å². The van der Waals surface area contributed by atoms with Crippen molar-refractivity contribution in [2.45, 2.75) is 12.7 Å². The van der Waals surface area contributed by atoms with Gasteiger partial charge in [0.05, 0.1) is 9.85 Å². The number of hydrogen-bond acceptors (Lipinski definition) is 6. The predicted octanol–water partition coefficient (Wildman–Crippen LogP) is 1.01. The highest BCUT2D eigenvalue weighted by Crippen LogP contribution is 2.31. The number of aliphatic hydroxyl groups is 1. The van der Waals surface area contributed by atoms with Gasteiger partial charge in [-0.05, 0) is 0 Å². The number of aliphatic hydroxyl groups excluding tert-OH is 1. The Hall–Kier alpha value is -2.06. The third-order valence-electron chi connectivity index (χ3n) is 2.14. The molecule has 0 heterocycles. The molecule has 0 aromatic heterocycles. The molecule has 0 amide bonds. The first-order chi connectivity index (χ1) is 7.97. The monoisotopic (exact) mass is 242 g/mol. The molecule has 0 aliphatic carbocycles. The minimum Gasteiger partial charge on any atom is -0.368 e. The molecule has 0 spiro atoms. The molecule has 1 rings (SSSR count). The molecule has 1 aromatic rings. The van der Waals surface area contributed by atoms with E-state index in [1.165, 1.54) is 19.2 Å². The third kappa shape index (κ3) is 2.95. The van der Waals surface area contributed by atoms with E-state index in [2.05, 4.69) is 4.74 Å². The van der Waals surface area contributed by atoms with Crippen molar-refractivity contribution in [2.75, 3.05) is 7.11 Å². The number of rotatable bonds is 5. The Balaban J connectivity index is 3.25. The summed E-state index contributed by atoms with van der Waals surface area (Å²) in [6.45, 7) is 0. The van der Waals surface area contributed by atoms with Gasteiger partial charge < -0.3 is 9.84 Å². The van der Waals surface area contributed by atoms with E-state index in [0.29, 0.717) is 0 Å². The summed E-state index contributed by atoms with van der Waals surface area (Å²) in [5, 5.41) is 30.7. The molecule has 0 saturated heterocycles. The first kappa shape index (κ1) is 13.0. The molecular formula is C9H10N2O6. The quantitative estimate of drug-likeness (QED) is 0.468. The average molecular weight is 242 g/mol. The lowest BCUT2D eigenvalue weighted by Gasteiger charge is -2.08. The van der Waals surface area contributed by atoms with Crippen LogP contribution in [0.2, 0.25) is 0 Å². The van der Waals surface area contributed by atoms with Crippen molar-refractivity contribution >= 4 is 11.4 Å². The zero-order valence-electron chi connectivity index (χ0n) is 8.90. The van der Waals surface area contributed by atoms with E-state index in [4.69, 9.17) is 0 Å². The van der Waals surface area contributed by atoms with E-state index < -0.39 is 27.5 Å². The van der Waals surface area contributed by atoms with Crippen LogP contribution in [0.4, 0.5) is 11.4 Å². The fourth-order valence-electron chi connectivity index (χ4n) is 1.37. The van der Waals surface area contributed by atoms with Crippen LogP contribution in [0.25, 0.3) is 0 Å². The summed E-state index contributed by atoms with van der Waals surface area (Å²) in [6, 6.07) is 3.71. The maximum absolute atomic E-state index is 10.8. The molecule has 1 unspecified atom stereocenters. The van der Waals surface area contributed by atoms with Crippen LogP contribution in [0.3, 0.4) is 0 Å². The number of hydrogen-bond donors (Lipinski definition) is 1. The highest BCUT2D eigenvalue weighted by atomic mass is 16.6.